The highest BCUT2D eigenvalue weighted by atomic mass is 19.4. The summed E-state index contributed by atoms with van der Waals surface area (Å²) in [4.78, 5) is 0. The molecule has 0 fully saturated rings. The first-order valence-corrected chi connectivity index (χ1v) is 12.4. The molecule has 36 heavy (non-hydrogen) atoms. The Morgan fingerprint density at radius 2 is 1.33 bits per heavy atom. The number of hydrogen-bond donors (Lipinski definition) is 0. The molecule has 0 amide bonds. The van der Waals surface area contributed by atoms with Crippen molar-refractivity contribution in [3.05, 3.63) is 47.2 Å². The number of alkyl halides is 3. The van der Waals surface area contributed by atoms with Gasteiger partial charge in [0.25, 0.3) is 0 Å². The van der Waals surface area contributed by atoms with E-state index in [9.17, 15) is 13.2 Å². The summed E-state index contributed by atoms with van der Waals surface area (Å²) in [5.41, 5.74) is 2.28. The van der Waals surface area contributed by atoms with Crippen molar-refractivity contribution in [1.82, 2.24) is 4.57 Å². The fourth-order valence-electron chi connectivity index (χ4n) is 4.93. The SMILES string of the molecule is CCOc1ccc(-c2c(C(F)(F)F)c(C)n3c2-c2cc(OCC)c(OCC)cc2CC3)cc1OCC. The summed E-state index contributed by atoms with van der Waals surface area (Å²) in [6.45, 7) is 11.1. The minimum absolute atomic E-state index is 0.136. The van der Waals surface area contributed by atoms with Gasteiger partial charge >= 0.3 is 6.18 Å². The summed E-state index contributed by atoms with van der Waals surface area (Å²) >= 11 is 0. The van der Waals surface area contributed by atoms with E-state index < -0.39 is 11.7 Å². The van der Waals surface area contributed by atoms with Crippen molar-refractivity contribution < 1.29 is 32.1 Å². The van der Waals surface area contributed by atoms with Crippen LogP contribution in [-0.4, -0.2) is 31.0 Å². The van der Waals surface area contributed by atoms with Gasteiger partial charge in [0.15, 0.2) is 23.0 Å². The summed E-state index contributed by atoms with van der Waals surface area (Å²) in [6, 6.07) is 8.71. The Morgan fingerprint density at radius 1 is 0.778 bits per heavy atom. The quantitative estimate of drug-likeness (QED) is 0.307. The summed E-state index contributed by atoms with van der Waals surface area (Å²) in [6.07, 6.45) is -3.95. The second-order valence-electron chi connectivity index (χ2n) is 8.43. The summed E-state index contributed by atoms with van der Waals surface area (Å²) in [5, 5.41) is 0. The molecule has 0 unspecified atom stereocenters. The van der Waals surface area contributed by atoms with E-state index in [0.29, 0.717) is 79.2 Å². The van der Waals surface area contributed by atoms with Crippen LogP contribution in [0, 0.1) is 6.92 Å². The Labute approximate surface area is 209 Å². The lowest BCUT2D eigenvalue weighted by Crippen LogP contribution is -2.13. The molecule has 8 heteroatoms. The molecule has 1 aliphatic rings. The van der Waals surface area contributed by atoms with E-state index in [1.807, 2.05) is 39.8 Å². The molecule has 3 aromatic rings. The maximum absolute atomic E-state index is 14.6. The molecule has 2 aromatic carbocycles. The molecule has 4 rings (SSSR count). The highest BCUT2D eigenvalue weighted by Crippen LogP contribution is 2.51. The van der Waals surface area contributed by atoms with Crippen molar-refractivity contribution in [2.45, 2.75) is 53.8 Å². The maximum Gasteiger partial charge on any atom is 0.418 e. The van der Waals surface area contributed by atoms with Crippen LogP contribution in [0.5, 0.6) is 23.0 Å². The zero-order chi connectivity index (χ0) is 26.0. The van der Waals surface area contributed by atoms with Gasteiger partial charge in [-0.25, -0.2) is 0 Å². The number of rotatable bonds is 9. The van der Waals surface area contributed by atoms with Crippen LogP contribution in [0.4, 0.5) is 13.2 Å². The van der Waals surface area contributed by atoms with Gasteiger partial charge in [-0.05, 0) is 76.4 Å². The van der Waals surface area contributed by atoms with Gasteiger partial charge in [0.1, 0.15) is 0 Å². The number of ether oxygens (including phenoxy) is 4. The Hall–Kier alpha value is -3.29. The molecule has 0 spiro atoms. The molecule has 0 saturated carbocycles. The van der Waals surface area contributed by atoms with Crippen LogP contribution in [0.3, 0.4) is 0 Å². The number of aryl methyl sites for hydroxylation is 1. The van der Waals surface area contributed by atoms with Gasteiger partial charge in [-0.3, -0.25) is 0 Å². The van der Waals surface area contributed by atoms with Crippen LogP contribution in [0.1, 0.15) is 44.5 Å². The molecule has 1 aromatic heterocycles. The number of aromatic nitrogens is 1. The largest absolute Gasteiger partial charge is 0.490 e. The molecule has 0 atom stereocenters. The first kappa shape index (κ1) is 25.8. The molecule has 0 saturated heterocycles. The third kappa shape index (κ3) is 4.61. The molecule has 1 aliphatic heterocycles. The van der Waals surface area contributed by atoms with Crippen LogP contribution in [0.2, 0.25) is 0 Å². The average Bonchev–Trinajstić information content (AvgIpc) is 3.14. The Kier molecular flexibility index (Phi) is 7.43. The Morgan fingerprint density at radius 3 is 1.92 bits per heavy atom. The summed E-state index contributed by atoms with van der Waals surface area (Å²) in [7, 11) is 0. The van der Waals surface area contributed by atoms with E-state index in [1.54, 1.807) is 22.8 Å². The third-order valence-corrected chi connectivity index (χ3v) is 6.27. The number of fused-ring (bicyclic) bond motifs is 3. The van der Waals surface area contributed by atoms with Crippen molar-refractivity contribution in [3.8, 4) is 45.4 Å². The van der Waals surface area contributed by atoms with Crippen molar-refractivity contribution in [3.63, 3.8) is 0 Å². The lowest BCUT2D eigenvalue weighted by molar-refractivity contribution is -0.137. The van der Waals surface area contributed by atoms with Crippen molar-refractivity contribution >= 4 is 0 Å². The number of halogens is 3. The third-order valence-electron chi connectivity index (χ3n) is 6.27. The zero-order valence-electron chi connectivity index (χ0n) is 21.3. The van der Waals surface area contributed by atoms with Crippen LogP contribution < -0.4 is 18.9 Å². The average molecular weight is 504 g/mol. The van der Waals surface area contributed by atoms with Crippen LogP contribution in [0.15, 0.2) is 30.3 Å². The van der Waals surface area contributed by atoms with Gasteiger partial charge in [-0.15, -0.1) is 0 Å². The molecule has 0 bridgehead atoms. The minimum atomic E-state index is -4.54. The lowest BCUT2D eigenvalue weighted by Gasteiger charge is -2.24. The monoisotopic (exact) mass is 503 g/mol. The van der Waals surface area contributed by atoms with Crippen LogP contribution >= 0.6 is 0 Å². The molecule has 5 nitrogen and oxygen atoms in total. The van der Waals surface area contributed by atoms with Crippen LogP contribution in [0.25, 0.3) is 22.4 Å². The molecular weight excluding hydrogens is 471 g/mol. The van der Waals surface area contributed by atoms with Gasteiger partial charge in [-0.1, -0.05) is 6.07 Å². The second-order valence-corrected chi connectivity index (χ2v) is 8.43. The first-order chi connectivity index (χ1) is 17.2. The zero-order valence-corrected chi connectivity index (χ0v) is 21.3. The molecule has 2 heterocycles. The maximum atomic E-state index is 14.6. The van der Waals surface area contributed by atoms with Gasteiger partial charge in [0, 0.05) is 23.4 Å². The Balaban J connectivity index is 2.02. The van der Waals surface area contributed by atoms with E-state index >= 15 is 0 Å². The predicted molar refractivity (Wildman–Crippen MR) is 133 cm³/mol. The summed E-state index contributed by atoms with van der Waals surface area (Å²) < 4.78 is 68.4. The molecule has 0 aliphatic carbocycles. The van der Waals surface area contributed by atoms with Crippen molar-refractivity contribution in [1.29, 1.82) is 0 Å². The fourth-order valence-corrected chi connectivity index (χ4v) is 4.93. The van der Waals surface area contributed by atoms with Gasteiger partial charge in [0.05, 0.1) is 37.7 Å². The van der Waals surface area contributed by atoms with Crippen LogP contribution in [-0.2, 0) is 19.1 Å². The molecular formula is C28H32F3NO4. The number of benzene rings is 2. The highest BCUT2D eigenvalue weighted by molar-refractivity contribution is 5.89. The van der Waals surface area contributed by atoms with E-state index in [0.717, 1.165) is 5.56 Å². The van der Waals surface area contributed by atoms with E-state index in [-0.39, 0.29) is 11.3 Å². The Bertz CT molecular complexity index is 1250. The van der Waals surface area contributed by atoms with Gasteiger partial charge in [-0.2, -0.15) is 13.2 Å². The molecule has 194 valence electrons. The predicted octanol–water partition coefficient (Wildman–Crippen LogP) is 7.30. The van der Waals surface area contributed by atoms with Gasteiger partial charge < -0.3 is 23.5 Å². The second kappa shape index (κ2) is 10.4. The normalized spacial score (nSPS) is 12.7. The van der Waals surface area contributed by atoms with E-state index in [2.05, 4.69) is 0 Å². The summed E-state index contributed by atoms with van der Waals surface area (Å²) in [5.74, 6) is 2.04. The topological polar surface area (TPSA) is 41.9 Å². The molecule has 0 N–H and O–H groups in total. The lowest BCUT2D eigenvalue weighted by atomic mass is 9.91. The smallest absolute Gasteiger partial charge is 0.418 e. The minimum Gasteiger partial charge on any atom is -0.490 e. The number of hydrogen-bond acceptors (Lipinski definition) is 4. The van der Waals surface area contributed by atoms with Crippen molar-refractivity contribution in [2.75, 3.05) is 26.4 Å². The highest BCUT2D eigenvalue weighted by Gasteiger charge is 2.41. The standard InChI is InChI=1S/C28H32F3NO4/c1-6-33-21-11-10-19(15-22(21)34-7-2)25-26(28(29,30)31)17(5)32-13-12-18-14-23(35-8-3)24(36-9-4)16-20(18)27(25)32/h10-11,14-16H,6-9,12-13H2,1-5H3. The fraction of sp³-hybridized carbons (Fsp3) is 0.429. The number of nitrogens with zero attached hydrogens (tertiary/aromatic N) is 1. The van der Waals surface area contributed by atoms with E-state index in [1.165, 1.54) is 6.92 Å². The van der Waals surface area contributed by atoms with Gasteiger partial charge in [0.2, 0.25) is 0 Å². The first-order valence-electron chi connectivity index (χ1n) is 12.4. The van der Waals surface area contributed by atoms with E-state index in [4.69, 9.17) is 18.9 Å². The van der Waals surface area contributed by atoms with Crippen molar-refractivity contribution in [2.24, 2.45) is 0 Å². The molecule has 0 radical (unpaired) electrons.